The summed E-state index contributed by atoms with van der Waals surface area (Å²) in [5.74, 6) is -1.55. The van der Waals surface area contributed by atoms with E-state index in [2.05, 4.69) is 21.2 Å². The van der Waals surface area contributed by atoms with Crippen LogP contribution in [0.15, 0.2) is 77.3 Å². The predicted octanol–water partition coefficient (Wildman–Crippen LogP) is 5.22. The summed E-state index contributed by atoms with van der Waals surface area (Å²) in [6, 6.07) is 19.1. The molecule has 0 aliphatic rings. The second-order valence-electron chi connectivity index (χ2n) is 9.84. The van der Waals surface area contributed by atoms with Crippen LogP contribution in [0.5, 0.6) is 0 Å². The molecule has 0 heterocycles. The van der Waals surface area contributed by atoms with E-state index in [1.807, 2.05) is 51.1 Å². The number of aryl methyl sites for hydroxylation is 1. The maximum Gasteiger partial charge on any atom is 0.244 e. The number of sulfonamides is 1. The van der Waals surface area contributed by atoms with Crippen molar-refractivity contribution in [3.63, 3.8) is 0 Å². The maximum atomic E-state index is 14.8. The van der Waals surface area contributed by atoms with Gasteiger partial charge in [0.05, 0.1) is 11.9 Å². The largest absolute Gasteiger partial charge is 0.352 e. The third-order valence-electron chi connectivity index (χ3n) is 6.68. The molecule has 7 nitrogen and oxygen atoms in total. The first-order chi connectivity index (χ1) is 18.9. The minimum atomic E-state index is -3.89. The van der Waals surface area contributed by atoms with Crippen LogP contribution >= 0.6 is 15.9 Å². The molecule has 0 fully saturated rings. The monoisotopic (exact) mass is 631 g/mol. The number of anilines is 1. The van der Waals surface area contributed by atoms with Crippen LogP contribution in [0.4, 0.5) is 10.1 Å². The molecule has 0 saturated heterocycles. The minimum absolute atomic E-state index is 0.158. The lowest BCUT2D eigenvalue weighted by Crippen LogP contribution is -2.54. The summed E-state index contributed by atoms with van der Waals surface area (Å²) in [6.45, 7) is 4.84. The van der Waals surface area contributed by atoms with Crippen LogP contribution in [-0.2, 0) is 32.6 Å². The van der Waals surface area contributed by atoms with E-state index in [1.54, 1.807) is 36.4 Å². The maximum absolute atomic E-state index is 14.8. The second-order valence-corrected chi connectivity index (χ2v) is 12.6. The van der Waals surface area contributed by atoms with Crippen molar-refractivity contribution in [2.75, 3.05) is 17.1 Å². The van der Waals surface area contributed by atoms with Crippen molar-refractivity contribution in [3.8, 4) is 0 Å². The lowest BCUT2D eigenvalue weighted by molar-refractivity contribution is -0.140. The Kier molecular flexibility index (Phi) is 10.9. The van der Waals surface area contributed by atoms with E-state index in [4.69, 9.17) is 0 Å². The molecule has 0 saturated carbocycles. The molecule has 1 N–H and O–H groups in total. The molecule has 40 heavy (non-hydrogen) atoms. The number of rotatable bonds is 12. The van der Waals surface area contributed by atoms with E-state index >= 15 is 0 Å². The van der Waals surface area contributed by atoms with Crippen LogP contribution < -0.4 is 9.62 Å². The second kappa shape index (κ2) is 13.9. The smallest absolute Gasteiger partial charge is 0.244 e. The Labute approximate surface area is 244 Å². The van der Waals surface area contributed by atoms with Crippen molar-refractivity contribution in [2.45, 2.75) is 52.2 Å². The summed E-state index contributed by atoms with van der Waals surface area (Å²) in [6.07, 6.45) is 1.87. The fourth-order valence-electron chi connectivity index (χ4n) is 4.20. The summed E-state index contributed by atoms with van der Waals surface area (Å²) in [4.78, 5) is 29.0. The van der Waals surface area contributed by atoms with Gasteiger partial charge >= 0.3 is 0 Å². The first-order valence-corrected chi connectivity index (χ1v) is 15.7. The zero-order valence-electron chi connectivity index (χ0n) is 23.1. The van der Waals surface area contributed by atoms with Crippen molar-refractivity contribution in [1.29, 1.82) is 0 Å². The van der Waals surface area contributed by atoms with Gasteiger partial charge in [0, 0.05) is 29.0 Å². The Bertz CT molecular complexity index is 1440. The van der Waals surface area contributed by atoms with E-state index in [-0.39, 0.29) is 24.6 Å². The lowest BCUT2D eigenvalue weighted by Gasteiger charge is -2.34. The summed E-state index contributed by atoms with van der Waals surface area (Å²) < 4.78 is 42.4. The SMILES string of the molecule is CC[C@H](C)NC(=O)[C@@H](Cc1ccccc1)N(Cc1ccccc1F)C(=O)CN(c1ccc(Br)c(C)c1)S(C)(=O)=O. The molecule has 10 heteroatoms. The Morgan fingerprint density at radius 2 is 1.68 bits per heavy atom. The van der Waals surface area contributed by atoms with Crippen molar-refractivity contribution in [3.05, 3.63) is 99.8 Å². The molecule has 0 spiro atoms. The summed E-state index contributed by atoms with van der Waals surface area (Å²) >= 11 is 3.42. The number of halogens is 2. The van der Waals surface area contributed by atoms with E-state index in [1.165, 1.54) is 11.0 Å². The van der Waals surface area contributed by atoms with Gasteiger partial charge in [-0.2, -0.15) is 0 Å². The van der Waals surface area contributed by atoms with Crippen molar-refractivity contribution >= 4 is 43.5 Å². The number of nitrogens with one attached hydrogen (secondary N) is 1. The molecule has 0 radical (unpaired) electrons. The standard InChI is InChI=1S/C30H35BrFN3O4S/c1-5-22(3)33-30(37)28(18-23-11-7-6-8-12-23)34(19-24-13-9-10-14-27(24)32)29(36)20-35(40(4,38)39)25-15-16-26(31)21(2)17-25/h6-17,22,28H,5,18-20H2,1-4H3,(H,33,37)/t22-,28+/m0/s1. The molecule has 2 amide bonds. The zero-order chi connectivity index (χ0) is 29.4. The molecule has 3 aromatic carbocycles. The van der Waals surface area contributed by atoms with Crippen molar-refractivity contribution in [1.82, 2.24) is 10.2 Å². The number of carbonyl (C=O) groups excluding carboxylic acids is 2. The average molecular weight is 633 g/mol. The van der Waals surface area contributed by atoms with Crippen molar-refractivity contribution in [2.24, 2.45) is 0 Å². The fourth-order valence-corrected chi connectivity index (χ4v) is 5.29. The molecular weight excluding hydrogens is 597 g/mol. The normalized spacial score (nSPS) is 12.8. The number of nitrogens with zero attached hydrogens (tertiary/aromatic N) is 2. The number of hydrogen-bond donors (Lipinski definition) is 1. The highest BCUT2D eigenvalue weighted by Crippen LogP contribution is 2.25. The van der Waals surface area contributed by atoms with E-state index in [0.29, 0.717) is 12.1 Å². The molecule has 0 aromatic heterocycles. The number of hydrogen-bond acceptors (Lipinski definition) is 4. The Hall–Kier alpha value is -3.24. The van der Waals surface area contributed by atoms with Crippen LogP contribution in [0, 0.1) is 12.7 Å². The molecule has 214 valence electrons. The van der Waals surface area contributed by atoms with Gasteiger partial charge in [0.15, 0.2) is 0 Å². The number of amides is 2. The summed E-state index contributed by atoms with van der Waals surface area (Å²) in [7, 11) is -3.89. The van der Waals surface area contributed by atoms with Gasteiger partial charge in [-0.3, -0.25) is 13.9 Å². The molecule has 0 bridgehead atoms. The van der Waals surface area contributed by atoms with Crippen LogP contribution in [0.1, 0.15) is 37.0 Å². The van der Waals surface area contributed by atoms with E-state index in [9.17, 15) is 22.4 Å². The van der Waals surface area contributed by atoms with Crippen molar-refractivity contribution < 1.29 is 22.4 Å². The quantitative estimate of drug-likeness (QED) is 0.297. The third-order valence-corrected chi connectivity index (χ3v) is 8.71. The molecule has 3 aromatic rings. The summed E-state index contributed by atoms with van der Waals surface area (Å²) in [5.41, 5.74) is 2.13. The first kappa shape index (κ1) is 31.3. The van der Waals surface area contributed by atoms with Crippen LogP contribution in [0.3, 0.4) is 0 Å². The summed E-state index contributed by atoms with van der Waals surface area (Å²) in [5, 5.41) is 2.95. The zero-order valence-corrected chi connectivity index (χ0v) is 25.5. The topological polar surface area (TPSA) is 86.8 Å². The molecule has 3 rings (SSSR count). The van der Waals surface area contributed by atoms with Crippen LogP contribution in [0.2, 0.25) is 0 Å². The highest BCUT2D eigenvalue weighted by molar-refractivity contribution is 9.10. The van der Waals surface area contributed by atoms with Gasteiger partial charge in [-0.1, -0.05) is 71.4 Å². The first-order valence-electron chi connectivity index (χ1n) is 13.0. The van der Waals surface area contributed by atoms with Crippen LogP contribution in [0.25, 0.3) is 0 Å². The average Bonchev–Trinajstić information content (AvgIpc) is 2.91. The van der Waals surface area contributed by atoms with Gasteiger partial charge < -0.3 is 10.2 Å². The molecule has 0 aliphatic heterocycles. The highest BCUT2D eigenvalue weighted by atomic mass is 79.9. The van der Waals surface area contributed by atoms with Gasteiger partial charge in [-0.15, -0.1) is 0 Å². The van der Waals surface area contributed by atoms with Gasteiger partial charge in [-0.05, 0) is 55.7 Å². The van der Waals surface area contributed by atoms with Gasteiger partial charge in [-0.25, -0.2) is 12.8 Å². The molecule has 0 unspecified atom stereocenters. The third kappa shape index (κ3) is 8.38. The Morgan fingerprint density at radius 1 is 1.02 bits per heavy atom. The van der Waals surface area contributed by atoms with E-state index in [0.717, 1.165) is 26.2 Å². The predicted molar refractivity (Wildman–Crippen MR) is 160 cm³/mol. The van der Waals surface area contributed by atoms with Gasteiger partial charge in [0.2, 0.25) is 21.8 Å². The molecular formula is C30H35BrFN3O4S. The van der Waals surface area contributed by atoms with Crippen LogP contribution in [-0.4, -0.2) is 50.0 Å². The minimum Gasteiger partial charge on any atom is -0.352 e. The Morgan fingerprint density at radius 3 is 2.27 bits per heavy atom. The Balaban J connectivity index is 2.08. The van der Waals surface area contributed by atoms with Gasteiger partial charge in [0.1, 0.15) is 18.4 Å². The number of benzene rings is 3. The highest BCUT2D eigenvalue weighted by Gasteiger charge is 2.34. The molecule has 0 aliphatic carbocycles. The van der Waals surface area contributed by atoms with Gasteiger partial charge in [0.25, 0.3) is 0 Å². The van der Waals surface area contributed by atoms with E-state index < -0.39 is 40.2 Å². The lowest BCUT2D eigenvalue weighted by atomic mass is 10.0. The molecule has 2 atom stereocenters. The number of carbonyl (C=O) groups is 2. The fraction of sp³-hybridized carbons (Fsp3) is 0.333.